The highest BCUT2D eigenvalue weighted by molar-refractivity contribution is 5.27. The summed E-state index contributed by atoms with van der Waals surface area (Å²) in [6.45, 7) is 4.10. The van der Waals surface area contributed by atoms with Crippen LogP contribution in [0.4, 0.5) is 13.2 Å². The maximum atomic E-state index is 12.7. The standard InChI is InChI=1S/C15H21F3N2O2/c16-15(17,18)13-3-1-2-12(10-13)14(22)11-20-6-4-19(5-7-20)8-9-21/h1-3,10,14,21-22H,4-9,11H2/t14-/m1/s1. The van der Waals surface area contributed by atoms with Crippen molar-refractivity contribution in [3.05, 3.63) is 35.4 Å². The van der Waals surface area contributed by atoms with Crippen LogP contribution < -0.4 is 0 Å². The normalized spacial score (nSPS) is 19.3. The summed E-state index contributed by atoms with van der Waals surface area (Å²) in [5.74, 6) is 0. The molecule has 0 aromatic heterocycles. The van der Waals surface area contributed by atoms with Crippen molar-refractivity contribution in [1.82, 2.24) is 9.80 Å². The molecule has 7 heteroatoms. The molecule has 0 amide bonds. The van der Waals surface area contributed by atoms with E-state index >= 15 is 0 Å². The van der Waals surface area contributed by atoms with E-state index in [0.29, 0.717) is 13.1 Å². The molecular weight excluding hydrogens is 297 g/mol. The molecule has 1 aromatic carbocycles. The van der Waals surface area contributed by atoms with Crippen LogP contribution in [0.25, 0.3) is 0 Å². The van der Waals surface area contributed by atoms with Crippen LogP contribution in [0.2, 0.25) is 0 Å². The van der Waals surface area contributed by atoms with Gasteiger partial charge in [-0.25, -0.2) is 0 Å². The number of hydrogen-bond acceptors (Lipinski definition) is 4. The van der Waals surface area contributed by atoms with Crippen LogP contribution >= 0.6 is 0 Å². The largest absolute Gasteiger partial charge is 0.416 e. The predicted octanol–water partition coefficient (Wildman–Crippen LogP) is 1.35. The molecule has 0 aliphatic carbocycles. The number of piperazine rings is 1. The molecule has 0 spiro atoms. The van der Waals surface area contributed by atoms with Crippen molar-refractivity contribution in [3.8, 4) is 0 Å². The Balaban J connectivity index is 1.91. The first-order valence-corrected chi connectivity index (χ1v) is 7.31. The highest BCUT2D eigenvalue weighted by Crippen LogP contribution is 2.30. The Kier molecular flexibility index (Phi) is 5.80. The van der Waals surface area contributed by atoms with Gasteiger partial charge in [-0.2, -0.15) is 13.2 Å². The van der Waals surface area contributed by atoms with Crippen LogP contribution in [-0.2, 0) is 6.18 Å². The number of aliphatic hydroxyl groups excluding tert-OH is 2. The maximum Gasteiger partial charge on any atom is 0.416 e. The van der Waals surface area contributed by atoms with Gasteiger partial charge in [0.1, 0.15) is 0 Å². The monoisotopic (exact) mass is 318 g/mol. The van der Waals surface area contributed by atoms with E-state index < -0.39 is 17.8 Å². The van der Waals surface area contributed by atoms with E-state index in [1.807, 2.05) is 4.90 Å². The maximum absolute atomic E-state index is 12.7. The lowest BCUT2D eigenvalue weighted by atomic mass is 10.0. The first-order chi connectivity index (χ1) is 10.4. The molecule has 4 nitrogen and oxygen atoms in total. The molecule has 1 aromatic rings. The third-order valence-electron chi connectivity index (χ3n) is 3.91. The molecule has 0 saturated carbocycles. The topological polar surface area (TPSA) is 46.9 Å². The zero-order valence-electron chi connectivity index (χ0n) is 12.3. The van der Waals surface area contributed by atoms with E-state index in [9.17, 15) is 18.3 Å². The average molecular weight is 318 g/mol. The van der Waals surface area contributed by atoms with E-state index in [0.717, 1.165) is 38.3 Å². The molecule has 124 valence electrons. The van der Waals surface area contributed by atoms with E-state index in [1.54, 1.807) is 0 Å². The van der Waals surface area contributed by atoms with Gasteiger partial charge in [0.15, 0.2) is 0 Å². The molecular formula is C15H21F3N2O2. The number of nitrogens with zero attached hydrogens (tertiary/aromatic N) is 2. The second kappa shape index (κ2) is 7.41. The molecule has 1 aliphatic rings. The minimum absolute atomic E-state index is 0.118. The fourth-order valence-corrected chi connectivity index (χ4v) is 2.61. The highest BCUT2D eigenvalue weighted by Gasteiger charge is 2.31. The van der Waals surface area contributed by atoms with Gasteiger partial charge in [-0.3, -0.25) is 9.80 Å². The first-order valence-electron chi connectivity index (χ1n) is 7.31. The number of hydrogen-bond donors (Lipinski definition) is 2. The predicted molar refractivity (Wildman–Crippen MR) is 76.4 cm³/mol. The van der Waals surface area contributed by atoms with Crippen LogP contribution in [0.5, 0.6) is 0 Å². The molecule has 2 rings (SSSR count). The van der Waals surface area contributed by atoms with Crippen molar-refractivity contribution in [2.24, 2.45) is 0 Å². The smallest absolute Gasteiger partial charge is 0.395 e. The van der Waals surface area contributed by atoms with E-state index in [4.69, 9.17) is 5.11 Å². The van der Waals surface area contributed by atoms with Gasteiger partial charge in [-0.05, 0) is 17.7 Å². The van der Waals surface area contributed by atoms with E-state index in [-0.39, 0.29) is 12.2 Å². The minimum Gasteiger partial charge on any atom is -0.395 e. The van der Waals surface area contributed by atoms with Gasteiger partial charge in [-0.1, -0.05) is 12.1 Å². The number of alkyl halides is 3. The molecule has 0 unspecified atom stereocenters. The Morgan fingerprint density at radius 3 is 2.32 bits per heavy atom. The van der Waals surface area contributed by atoms with Crippen LogP contribution in [0.1, 0.15) is 17.2 Å². The summed E-state index contributed by atoms with van der Waals surface area (Å²) in [7, 11) is 0. The lowest BCUT2D eigenvalue weighted by molar-refractivity contribution is -0.137. The molecule has 1 aliphatic heterocycles. The highest BCUT2D eigenvalue weighted by atomic mass is 19.4. The van der Waals surface area contributed by atoms with Gasteiger partial charge in [0, 0.05) is 39.3 Å². The fraction of sp³-hybridized carbons (Fsp3) is 0.600. The third kappa shape index (κ3) is 4.67. The molecule has 1 atom stereocenters. The zero-order valence-corrected chi connectivity index (χ0v) is 12.3. The number of β-amino-alcohol motifs (C(OH)–C–C–N with tert-alkyl or cyclic N) is 2. The molecule has 0 bridgehead atoms. The van der Waals surface area contributed by atoms with Gasteiger partial charge in [0.2, 0.25) is 0 Å². The van der Waals surface area contributed by atoms with E-state index in [1.165, 1.54) is 12.1 Å². The second-order valence-electron chi connectivity index (χ2n) is 5.50. The van der Waals surface area contributed by atoms with Crippen molar-refractivity contribution < 1.29 is 23.4 Å². The molecule has 0 radical (unpaired) electrons. The number of benzene rings is 1. The quantitative estimate of drug-likeness (QED) is 0.860. The van der Waals surface area contributed by atoms with Crippen LogP contribution in [0.3, 0.4) is 0 Å². The summed E-state index contributed by atoms with van der Waals surface area (Å²) in [6.07, 6.45) is -5.34. The summed E-state index contributed by atoms with van der Waals surface area (Å²) >= 11 is 0. The van der Waals surface area contributed by atoms with Gasteiger partial charge in [-0.15, -0.1) is 0 Å². The summed E-state index contributed by atoms with van der Waals surface area (Å²) < 4.78 is 38.1. The molecule has 22 heavy (non-hydrogen) atoms. The van der Waals surface area contributed by atoms with Gasteiger partial charge >= 0.3 is 6.18 Å². The molecule has 1 saturated heterocycles. The van der Waals surface area contributed by atoms with E-state index in [2.05, 4.69) is 4.90 Å². The second-order valence-corrected chi connectivity index (χ2v) is 5.50. The number of halogens is 3. The Labute approximate surface area is 127 Å². The van der Waals surface area contributed by atoms with Crippen LogP contribution in [-0.4, -0.2) is 65.9 Å². The van der Waals surface area contributed by atoms with Crippen LogP contribution in [0, 0.1) is 0 Å². The van der Waals surface area contributed by atoms with Crippen LogP contribution in [0.15, 0.2) is 24.3 Å². The summed E-state index contributed by atoms with van der Waals surface area (Å²) in [5, 5.41) is 19.1. The molecule has 1 fully saturated rings. The van der Waals surface area contributed by atoms with Crippen molar-refractivity contribution >= 4 is 0 Å². The van der Waals surface area contributed by atoms with Gasteiger partial charge < -0.3 is 10.2 Å². The fourth-order valence-electron chi connectivity index (χ4n) is 2.61. The van der Waals surface area contributed by atoms with Gasteiger partial charge in [0.25, 0.3) is 0 Å². The summed E-state index contributed by atoms with van der Waals surface area (Å²) in [4.78, 5) is 4.14. The lowest BCUT2D eigenvalue weighted by Gasteiger charge is -2.35. The Morgan fingerprint density at radius 2 is 1.73 bits per heavy atom. The van der Waals surface area contributed by atoms with Crippen molar-refractivity contribution in [1.29, 1.82) is 0 Å². The number of aliphatic hydroxyl groups is 2. The summed E-state index contributed by atoms with van der Waals surface area (Å²) in [6, 6.07) is 4.85. The lowest BCUT2D eigenvalue weighted by Crippen LogP contribution is -2.48. The van der Waals surface area contributed by atoms with Gasteiger partial charge in [0.05, 0.1) is 18.3 Å². The van der Waals surface area contributed by atoms with Crippen molar-refractivity contribution in [2.75, 3.05) is 45.9 Å². The minimum atomic E-state index is -4.40. The average Bonchev–Trinajstić information content (AvgIpc) is 2.49. The summed E-state index contributed by atoms with van der Waals surface area (Å²) in [5.41, 5.74) is -0.454. The Bertz CT molecular complexity index is 474. The SMILES string of the molecule is OCCN1CCN(C[C@@H](O)c2cccc(C(F)(F)F)c2)CC1. The first kappa shape index (κ1) is 17.2. The molecule has 2 N–H and O–H groups in total. The zero-order chi connectivity index (χ0) is 16.2. The Hall–Kier alpha value is -1.15. The molecule has 1 heterocycles. The van der Waals surface area contributed by atoms with Crippen molar-refractivity contribution in [3.63, 3.8) is 0 Å². The van der Waals surface area contributed by atoms with Crippen molar-refractivity contribution in [2.45, 2.75) is 12.3 Å². The number of rotatable bonds is 5. The third-order valence-corrected chi connectivity index (χ3v) is 3.91. The Morgan fingerprint density at radius 1 is 1.09 bits per heavy atom.